The molecule has 104 valence electrons. The minimum Gasteiger partial charge on any atom is -0.454 e. The van der Waals surface area contributed by atoms with Gasteiger partial charge in [-0.05, 0) is 24.3 Å². The van der Waals surface area contributed by atoms with Crippen molar-refractivity contribution in [2.24, 2.45) is 0 Å². The molecule has 0 aliphatic carbocycles. The summed E-state index contributed by atoms with van der Waals surface area (Å²) in [5.41, 5.74) is 0.715. The molecule has 0 atom stereocenters. The van der Waals surface area contributed by atoms with E-state index in [9.17, 15) is 8.42 Å². The zero-order valence-corrected chi connectivity index (χ0v) is 11.4. The second kappa shape index (κ2) is 5.05. The quantitative estimate of drug-likeness (QED) is 0.806. The maximum absolute atomic E-state index is 11.2. The van der Waals surface area contributed by atoms with Crippen LogP contribution in [-0.4, -0.2) is 21.1 Å². The fraction of sp³-hybridized carbons (Fsp3) is 0.143. The lowest BCUT2D eigenvalue weighted by atomic mass is 10.3. The highest BCUT2D eigenvalue weighted by Gasteiger charge is 2.24. The molecule has 5 nitrogen and oxygen atoms in total. The van der Waals surface area contributed by atoms with E-state index < -0.39 is 9.84 Å². The first-order chi connectivity index (χ1) is 9.67. The van der Waals surface area contributed by atoms with Crippen molar-refractivity contribution in [1.29, 1.82) is 0 Å². The number of fused-ring (bicyclic) bond motifs is 2. The number of rotatable bonds is 0. The molecule has 2 aliphatic rings. The molecule has 6 heteroatoms. The van der Waals surface area contributed by atoms with Crippen molar-refractivity contribution in [3.8, 4) is 11.5 Å². The van der Waals surface area contributed by atoms with Gasteiger partial charge >= 0.3 is 0 Å². The van der Waals surface area contributed by atoms with Gasteiger partial charge in [-0.15, -0.1) is 0 Å². The van der Waals surface area contributed by atoms with Crippen LogP contribution < -0.4 is 14.8 Å². The molecule has 0 saturated heterocycles. The van der Waals surface area contributed by atoms with Crippen LogP contribution in [0.4, 0.5) is 5.69 Å². The van der Waals surface area contributed by atoms with E-state index in [0.29, 0.717) is 17.4 Å². The summed E-state index contributed by atoms with van der Waals surface area (Å²) in [6.45, 7) is 0.360. The summed E-state index contributed by atoms with van der Waals surface area (Å²) in [5.74, 6) is 1.72. The van der Waals surface area contributed by atoms with Gasteiger partial charge in [0.15, 0.2) is 21.3 Å². The Hall–Kier alpha value is -2.21. The number of ether oxygens (including phenoxy) is 2. The summed E-state index contributed by atoms with van der Waals surface area (Å²) in [5, 5.41) is 2.80. The summed E-state index contributed by atoms with van der Waals surface area (Å²) in [4.78, 5) is 0.417. The highest BCUT2D eigenvalue weighted by atomic mass is 32.2. The number of benzene rings is 2. The second-order valence-corrected chi connectivity index (χ2v) is 6.24. The Kier molecular flexibility index (Phi) is 3.23. The Morgan fingerprint density at radius 1 is 0.900 bits per heavy atom. The van der Waals surface area contributed by atoms with Crippen molar-refractivity contribution in [3.05, 3.63) is 48.5 Å². The second-order valence-electron chi connectivity index (χ2n) is 4.29. The predicted molar refractivity (Wildman–Crippen MR) is 74.7 cm³/mol. The summed E-state index contributed by atoms with van der Waals surface area (Å²) < 4.78 is 32.5. The lowest BCUT2D eigenvalue weighted by Gasteiger charge is -1.92. The van der Waals surface area contributed by atoms with Crippen molar-refractivity contribution < 1.29 is 17.9 Å². The van der Waals surface area contributed by atoms with E-state index in [2.05, 4.69) is 5.32 Å². The van der Waals surface area contributed by atoms with E-state index in [0.717, 1.165) is 11.5 Å². The normalized spacial score (nSPS) is 16.6. The van der Waals surface area contributed by atoms with E-state index in [4.69, 9.17) is 9.47 Å². The number of hydrogen-bond acceptors (Lipinski definition) is 5. The fourth-order valence-corrected chi connectivity index (χ4v) is 3.24. The molecule has 0 spiro atoms. The molecular formula is C14H13NO4S. The molecule has 0 bridgehead atoms. The van der Waals surface area contributed by atoms with Crippen LogP contribution in [0.3, 0.4) is 0 Å². The zero-order chi connectivity index (χ0) is 14.0. The first-order valence-corrected chi connectivity index (χ1v) is 7.72. The van der Waals surface area contributed by atoms with E-state index in [1.54, 1.807) is 18.2 Å². The predicted octanol–water partition coefficient (Wildman–Crippen LogP) is 2.26. The number of nitrogens with one attached hydrogen (secondary N) is 1. The molecule has 2 aromatic rings. The first kappa shape index (κ1) is 12.8. The average molecular weight is 291 g/mol. The molecule has 20 heavy (non-hydrogen) atoms. The molecule has 0 aromatic heterocycles. The first-order valence-electron chi connectivity index (χ1n) is 6.07. The summed E-state index contributed by atoms with van der Waals surface area (Å²) in [6.07, 6.45) is 0. The van der Waals surface area contributed by atoms with Crippen LogP contribution >= 0.6 is 0 Å². The van der Waals surface area contributed by atoms with Gasteiger partial charge in [-0.25, -0.2) is 8.42 Å². The van der Waals surface area contributed by atoms with Crippen LogP contribution in [0.25, 0.3) is 0 Å². The lowest BCUT2D eigenvalue weighted by molar-refractivity contribution is 0.174. The van der Waals surface area contributed by atoms with Gasteiger partial charge in [0, 0.05) is 0 Å². The van der Waals surface area contributed by atoms with Crippen molar-refractivity contribution in [3.63, 3.8) is 0 Å². The largest absolute Gasteiger partial charge is 0.454 e. The van der Waals surface area contributed by atoms with Gasteiger partial charge in [-0.1, -0.05) is 24.3 Å². The Morgan fingerprint density at radius 3 is 2.15 bits per heavy atom. The molecule has 0 saturated carbocycles. The third-order valence-corrected chi connectivity index (χ3v) is 4.50. The Labute approximate surface area is 117 Å². The standard InChI is InChI=1S/C7H7NO2S.C7H6O2/c9-11(10)5-8-6-3-1-2-4-7(6)11;1-2-4-7-6(3-1)8-5-9-7/h1-4,8H,5H2;1-4H,5H2. The SMILES string of the molecule is O=S1(=O)CNc2ccccc21.c1ccc2c(c1)OCO2. The monoisotopic (exact) mass is 291 g/mol. The lowest BCUT2D eigenvalue weighted by Crippen LogP contribution is -2.02. The van der Waals surface area contributed by atoms with Gasteiger partial charge in [0.25, 0.3) is 0 Å². The van der Waals surface area contributed by atoms with Crippen molar-refractivity contribution in [1.82, 2.24) is 0 Å². The van der Waals surface area contributed by atoms with E-state index in [-0.39, 0.29) is 5.88 Å². The molecule has 4 rings (SSSR count). The van der Waals surface area contributed by atoms with Crippen LogP contribution in [-0.2, 0) is 9.84 Å². The van der Waals surface area contributed by atoms with E-state index in [1.807, 2.05) is 30.3 Å². The highest BCUT2D eigenvalue weighted by Crippen LogP contribution is 2.30. The maximum atomic E-state index is 11.2. The van der Waals surface area contributed by atoms with Crippen LogP contribution in [0.2, 0.25) is 0 Å². The Balaban J connectivity index is 0.000000123. The number of sulfone groups is 1. The smallest absolute Gasteiger partial charge is 0.231 e. The Bertz CT molecular complexity index is 704. The minimum absolute atomic E-state index is 0.0341. The minimum atomic E-state index is -3.02. The van der Waals surface area contributed by atoms with Crippen LogP contribution in [0.5, 0.6) is 11.5 Å². The summed E-state index contributed by atoms with van der Waals surface area (Å²) in [6, 6.07) is 14.5. The molecule has 0 unspecified atom stereocenters. The molecular weight excluding hydrogens is 278 g/mol. The van der Waals surface area contributed by atoms with Gasteiger partial charge in [-0.3, -0.25) is 0 Å². The van der Waals surface area contributed by atoms with E-state index >= 15 is 0 Å². The van der Waals surface area contributed by atoms with Gasteiger partial charge in [-0.2, -0.15) is 0 Å². The average Bonchev–Trinajstić information content (AvgIpc) is 3.05. The van der Waals surface area contributed by atoms with Gasteiger partial charge in [0.05, 0.1) is 10.6 Å². The molecule has 1 N–H and O–H groups in total. The maximum Gasteiger partial charge on any atom is 0.231 e. The van der Waals surface area contributed by atoms with Crippen molar-refractivity contribution in [2.45, 2.75) is 4.90 Å². The van der Waals surface area contributed by atoms with E-state index in [1.165, 1.54) is 0 Å². The molecule has 2 aromatic carbocycles. The number of para-hydroxylation sites is 3. The van der Waals surface area contributed by atoms with Gasteiger partial charge in [0.2, 0.25) is 6.79 Å². The van der Waals surface area contributed by atoms with Crippen molar-refractivity contribution in [2.75, 3.05) is 18.0 Å². The van der Waals surface area contributed by atoms with Crippen molar-refractivity contribution >= 4 is 15.5 Å². The summed E-state index contributed by atoms with van der Waals surface area (Å²) in [7, 11) is -3.02. The third-order valence-electron chi connectivity index (χ3n) is 2.95. The molecule has 0 amide bonds. The third kappa shape index (κ3) is 2.42. The molecule has 2 heterocycles. The topological polar surface area (TPSA) is 64.6 Å². The van der Waals surface area contributed by atoms with Crippen LogP contribution in [0.1, 0.15) is 0 Å². The zero-order valence-electron chi connectivity index (χ0n) is 10.6. The Morgan fingerprint density at radius 2 is 1.50 bits per heavy atom. The fourth-order valence-electron chi connectivity index (χ4n) is 1.98. The highest BCUT2D eigenvalue weighted by molar-refractivity contribution is 7.92. The molecule has 0 fully saturated rings. The number of hydrogen-bond donors (Lipinski definition) is 1. The van der Waals surface area contributed by atoms with Crippen LogP contribution in [0.15, 0.2) is 53.4 Å². The molecule has 2 aliphatic heterocycles. The van der Waals surface area contributed by atoms with Crippen LogP contribution in [0, 0.1) is 0 Å². The van der Waals surface area contributed by atoms with Gasteiger partial charge in [0.1, 0.15) is 5.88 Å². The van der Waals surface area contributed by atoms with Gasteiger partial charge < -0.3 is 14.8 Å². The number of anilines is 1. The molecule has 0 radical (unpaired) electrons. The summed E-state index contributed by atoms with van der Waals surface area (Å²) >= 11 is 0.